The van der Waals surface area contributed by atoms with Crippen LogP contribution in [0.25, 0.3) is 0 Å². The number of hydrogen-bond donors (Lipinski definition) is 1. The molecule has 0 aromatic heterocycles. The zero-order chi connectivity index (χ0) is 13.7. The van der Waals surface area contributed by atoms with Crippen molar-refractivity contribution in [1.82, 2.24) is 4.90 Å². The SMILES string of the molecule is COc1cc(C(C)C)ccc1C(CCO)N(C)C. The number of methoxy groups -OCH3 is 1. The highest BCUT2D eigenvalue weighted by Crippen LogP contribution is 2.32. The molecule has 0 radical (unpaired) electrons. The van der Waals surface area contributed by atoms with Gasteiger partial charge in [-0.15, -0.1) is 0 Å². The maximum absolute atomic E-state index is 9.19. The summed E-state index contributed by atoms with van der Waals surface area (Å²) in [6, 6.07) is 6.56. The van der Waals surface area contributed by atoms with Crippen LogP contribution in [0.15, 0.2) is 18.2 Å². The van der Waals surface area contributed by atoms with Crippen LogP contribution in [-0.2, 0) is 0 Å². The second kappa shape index (κ2) is 6.76. The molecule has 0 amide bonds. The van der Waals surface area contributed by atoms with E-state index in [0.29, 0.717) is 12.3 Å². The molecule has 0 aliphatic heterocycles. The molecule has 0 heterocycles. The molecule has 1 atom stereocenters. The van der Waals surface area contributed by atoms with E-state index < -0.39 is 0 Å². The third-order valence-corrected chi connectivity index (χ3v) is 3.31. The van der Waals surface area contributed by atoms with Crippen molar-refractivity contribution in [1.29, 1.82) is 0 Å². The number of benzene rings is 1. The van der Waals surface area contributed by atoms with Gasteiger partial charge in [-0.1, -0.05) is 26.0 Å². The molecule has 0 bridgehead atoms. The Bertz CT molecular complexity index is 375. The second-order valence-corrected chi connectivity index (χ2v) is 5.15. The van der Waals surface area contributed by atoms with Gasteiger partial charge >= 0.3 is 0 Å². The lowest BCUT2D eigenvalue weighted by atomic mass is 9.96. The predicted octanol–water partition coefficient (Wildman–Crippen LogP) is 2.80. The molecule has 1 rings (SSSR count). The quantitative estimate of drug-likeness (QED) is 0.844. The minimum atomic E-state index is 0.179. The number of aliphatic hydroxyl groups is 1. The lowest BCUT2D eigenvalue weighted by Crippen LogP contribution is -2.21. The third-order valence-electron chi connectivity index (χ3n) is 3.31. The summed E-state index contributed by atoms with van der Waals surface area (Å²) in [5.41, 5.74) is 2.41. The number of nitrogens with zero attached hydrogens (tertiary/aromatic N) is 1. The van der Waals surface area contributed by atoms with Crippen LogP contribution in [0, 0.1) is 0 Å². The number of ether oxygens (including phenoxy) is 1. The summed E-state index contributed by atoms with van der Waals surface area (Å²) in [5.74, 6) is 1.40. The van der Waals surface area contributed by atoms with Gasteiger partial charge in [-0.2, -0.15) is 0 Å². The van der Waals surface area contributed by atoms with Gasteiger partial charge in [-0.25, -0.2) is 0 Å². The maximum atomic E-state index is 9.19. The van der Waals surface area contributed by atoms with E-state index in [0.717, 1.165) is 11.3 Å². The van der Waals surface area contributed by atoms with Crippen LogP contribution in [0.3, 0.4) is 0 Å². The molecule has 18 heavy (non-hydrogen) atoms. The van der Waals surface area contributed by atoms with Gasteiger partial charge in [-0.3, -0.25) is 0 Å². The van der Waals surface area contributed by atoms with Crippen LogP contribution in [0.5, 0.6) is 5.75 Å². The minimum absolute atomic E-state index is 0.179. The molecule has 3 nitrogen and oxygen atoms in total. The fourth-order valence-corrected chi connectivity index (χ4v) is 2.18. The van der Waals surface area contributed by atoms with E-state index in [4.69, 9.17) is 4.74 Å². The Morgan fingerprint density at radius 2 is 1.94 bits per heavy atom. The van der Waals surface area contributed by atoms with Crippen LogP contribution >= 0.6 is 0 Å². The van der Waals surface area contributed by atoms with Crippen molar-refractivity contribution in [3.8, 4) is 5.75 Å². The highest BCUT2D eigenvalue weighted by atomic mass is 16.5. The average Bonchev–Trinajstić information content (AvgIpc) is 2.34. The van der Waals surface area contributed by atoms with E-state index in [-0.39, 0.29) is 12.6 Å². The zero-order valence-electron chi connectivity index (χ0n) is 12.1. The van der Waals surface area contributed by atoms with Crippen molar-refractivity contribution >= 4 is 0 Å². The van der Waals surface area contributed by atoms with Gasteiger partial charge in [-0.05, 0) is 38.1 Å². The van der Waals surface area contributed by atoms with Crippen molar-refractivity contribution in [3.05, 3.63) is 29.3 Å². The smallest absolute Gasteiger partial charge is 0.123 e. The molecular formula is C15H25NO2. The number of rotatable bonds is 6. The standard InChI is InChI=1S/C15H25NO2/c1-11(2)12-6-7-13(15(10-12)18-5)14(8-9-17)16(3)4/h6-7,10-11,14,17H,8-9H2,1-5H3. The summed E-state index contributed by atoms with van der Waals surface area (Å²) >= 11 is 0. The topological polar surface area (TPSA) is 32.7 Å². The first-order valence-corrected chi connectivity index (χ1v) is 6.46. The summed E-state index contributed by atoms with van der Waals surface area (Å²) < 4.78 is 5.51. The molecule has 102 valence electrons. The fraction of sp³-hybridized carbons (Fsp3) is 0.600. The largest absolute Gasteiger partial charge is 0.496 e. The Balaban J connectivity index is 3.13. The molecule has 0 aliphatic carbocycles. The molecule has 1 aromatic rings. The van der Waals surface area contributed by atoms with Gasteiger partial charge in [0.25, 0.3) is 0 Å². The van der Waals surface area contributed by atoms with Gasteiger partial charge < -0.3 is 14.7 Å². The van der Waals surface area contributed by atoms with E-state index >= 15 is 0 Å². The molecule has 1 N–H and O–H groups in total. The van der Waals surface area contributed by atoms with Crippen molar-refractivity contribution < 1.29 is 9.84 Å². The van der Waals surface area contributed by atoms with E-state index in [9.17, 15) is 5.11 Å². The molecule has 0 saturated carbocycles. The normalized spacial score (nSPS) is 13.1. The maximum Gasteiger partial charge on any atom is 0.123 e. The van der Waals surface area contributed by atoms with E-state index in [1.807, 2.05) is 14.1 Å². The zero-order valence-corrected chi connectivity index (χ0v) is 12.1. The fourth-order valence-electron chi connectivity index (χ4n) is 2.18. The Hall–Kier alpha value is -1.06. The number of hydrogen-bond acceptors (Lipinski definition) is 3. The lowest BCUT2D eigenvalue weighted by Gasteiger charge is -2.26. The van der Waals surface area contributed by atoms with Crippen LogP contribution in [0.2, 0.25) is 0 Å². The van der Waals surface area contributed by atoms with E-state index in [1.165, 1.54) is 5.56 Å². The molecule has 0 aliphatic rings. The predicted molar refractivity (Wildman–Crippen MR) is 75.2 cm³/mol. The summed E-state index contributed by atoms with van der Waals surface area (Å²) in [6.45, 7) is 4.52. The van der Waals surface area contributed by atoms with E-state index in [1.54, 1.807) is 7.11 Å². The minimum Gasteiger partial charge on any atom is -0.496 e. The van der Waals surface area contributed by atoms with Crippen LogP contribution in [-0.4, -0.2) is 37.8 Å². The Kier molecular flexibility index (Phi) is 5.63. The lowest BCUT2D eigenvalue weighted by molar-refractivity contribution is 0.207. The Morgan fingerprint density at radius 1 is 1.28 bits per heavy atom. The summed E-state index contributed by atoms with van der Waals surface area (Å²) in [4.78, 5) is 2.11. The first kappa shape index (κ1) is 15.0. The van der Waals surface area contributed by atoms with Gasteiger partial charge in [0.1, 0.15) is 5.75 Å². The Morgan fingerprint density at radius 3 is 2.39 bits per heavy atom. The molecule has 0 saturated heterocycles. The number of aliphatic hydroxyl groups excluding tert-OH is 1. The van der Waals surface area contributed by atoms with Gasteiger partial charge in [0.05, 0.1) is 7.11 Å². The third kappa shape index (κ3) is 3.47. The van der Waals surface area contributed by atoms with Gasteiger partial charge in [0, 0.05) is 18.2 Å². The monoisotopic (exact) mass is 251 g/mol. The second-order valence-electron chi connectivity index (χ2n) is 5.15. The van der Waals surface area contributed by atoms with Crippen LogP contribution in [0.4, 0.5) is 0 Å². The first-order valence-electron chi connectivity index (χ1n) is 6.46. The molecular weight excluding hydrogens is 226 g/mol. The molecule has 3 heteroatoms. The van der Waals surface area contributed by atoms with Crippen molar-refractivity contribution in [3.63, 3.8) is 0 Å². The molecule has 1 unspecified atom stereocenters. The molecule has 0 spiro atoms. The highest BCUT2D eigenvalue weighted by molar-refractivity contribution is 5.40. The summed E-state index contributed by atoms with van der Waals surface area (Å²) in [5, 5.41) is 9.19. The molecule has 1 aromatic carbocycles. The van der Waals surface area contributed by atoms with Crippen molar-refractivity contribution in [2.75, 3.05) is 27.8 Å². The first-order chi connectivity index (χ1) is 8.51. The van der Waals surface area contributed by atoms with Crippen molar-refractivity contribution in [2.45, 2.75) is 32.2 Å². The van der Waals surface area contributed by atoms with Gasteiger partial charge in [0.2, 0.25) is 0 Å². The van der Waals surface area contributed by atoms with Gasteiger partial charge in [0.15, 0.2) is 0 Å². The van der Waals surface area contributed by atoms with Crippen molar-refractivity contribution in [2.24, 2.45) is 0 Å². The van der Waals surface area contributed by atoms with Crippen LogP contribution < -0.4 is 4.74 Å². The van der Waals surface area contributed by atoms with Crippen LogP contribution in [0.1, 0.15) is 43.4 Å². The summed E-state index contributed by atoms with van der Waals surface area (Å²) in [6.07, 6.45) is 0.713. The highest BCUT2D eigenvalue weighted by Gasteiger charge is 2.18. The molecule has 0 fully saturated rings. The average molecular weight is 251 g/mol. The van der Waals surface area contributed by atoms with E-state index in [2.05, 4.69) is 36.9 Å². The summed E-state index contributed by atoms with van der Waals surface area (Å²) in [7, 11) is 5.75. The Labute approximate surface area is 110 Å².